The lowest BCUT2D eigenvalue weighted by Gasteiger charge is -2.14. The molecule has 1 rings (SSSR count). The van der Waals surface area contributed by atoms with Crippen molar-refractivity contribution < 1.29 is 0 Å². The Morgan fingerprint density at radius 3 is 2.07 bits per heavy atom. The van der Waals surface area contributed by atoms with E-state index in [4.69, 9.17) is 46.3 Å². The van der Waals surface area contributed by atoms with Crippen molar-refractivity contribution in [3.05, 3.63) is 32.8 Å². The number of rotatable bonds is 4. The summed E-state index contributed by atoms with van der Waals surface area (Å²) in [4.78, 5) is 0. The largest absolute Gasteiger partial charge is 0.330 e. The first kappa shape index (κ1) is 13.1. The van der Waals surface area contributed by atoms with Crippen LogP contribution in [0.1, 0.15) is 5.56 Å². The highest BCUT2D eigenvalue weighted by Crippen LogP contribution is 2.32. The molecule has 0 fully saturated rings. The third-order valence-electron chi connectivity index (χ3n) is 2.30. The first-order valence-electron chi connectivity index (χ1n) is 4.62. The minimum atomic E-state index is 0.179. The van der Waals surface area contributed by atoms with E-state index in [0.717, 1.165) is 5.56 Å². The third kappa shape index (κ3) is 3.23. The van der Waals surface area contributed by atoms with Gasteiger partial charge >= 0.3 is 0 Å². The van der Waals surface area contributed by atoms with Crippen LogP contribution in [0.4, 0.5) is 0 Å². The first-order chi connectivity index (χ1) is 7.10. The lowest BCUT2D eigenvalue weighted by Crippen LogP contribution is -2.25. The number of halogens is 3. The molecule has 0 bridgehead atoms. The molecule has 0 saturated carbocycles. The molecule has 15 heavy (non-hydrogen) atoms. The van der Waals surface area contributed by atoms with Crippen LogP contribution in [0.5, 0.6) is 0 Å². The average molecular weight is 268 g/mol. The predicted octanol–water partition coefficient (Wildman–Crippen LogP) is 2.72. The van der Waals surface area contributed by atoms with Crippen LogP contribution in [0.3, 0.4) is 0 Å². The van der Waals surface area contributed by atoms with Crippen LogP contribution < -0.4 is 11.5 Å². The van der Waals surface area contributed by atoms with Crippen molar-refractivity contribution in [1.82, 2.24) is 0 Å². The van der Waals surface area contributed by atoms with E-state index in [2.05, 4.69) is 0 Å². The van der Waals surface area contributed by atoms with Gasteiger partial charge in [0, 0.05) is 5.02 Å². The predicted molar refractivity (Wildman–Crippen MR) is 66.8 cm³/mol. The third-order valence-corrected chi connectivity index (χ3v) is 3.50. The van der Waals surface area contributed by atoms with E-state index in [0.29, 0.717) is 34.6 Å². The minimum absolute atomic E-state index is 0.179. The standard InChI is InChI=1S/C10H13Cl3N2/c11-8-1-2-9(12)10(13)7(8)3-6(4-14)5-15/h1-2,6H,3-5,14-15H2. The van der Waals surface area contributed by atoms with Gasteiger partial charge < -0.3 is 11.5 Å². The molecule has 0 atom stereocenters. The Balaban J connectivity index is 2.97. The summed E-state index contributed by atoms with van der Waals surface area (Å²) in [5.41, 5.74) is 12.0. The minimum Gasteiger partial charge on any atom is -0.330 e. The van der Waals surface area contributed by atoms with Crippen molar-refractivity contribution in [2.24, 2.45) is 17.4 Å². The quantitative estimate of drug-likeness (QED) is 0.824. The summed E-state index contributed by atoms with van der Waals surface area (Å²) in [6, 6.07) is 3.41. The van der Waals surface area contributed by atoms with Crippen molar-refractivity contribution in [3.63, 3.8) is 0 Å². The maximum absolute atomic E-state index is 6.06. The van der Waals surface area contributed by atoms with Gasteiger partial charge in [0.05, 0.1) is 10.0 Å². The van der Waals surface area contributed by atoms with E-state index in [1.54, 1.807) is 12.1 Å². The molecule has 0 aliphatic rings. The fourth-order valence-corrected chi connectivity index (χ4v) is 2.01. The lowest BCUT2D eigenvalue weighted by molar-refractivity contribution is 0.548. The van der Waals surface area contributed by atoms with Gasteiger partial charge in [-0.3, -0.25) is 0 Å². The van der Waals surface area contributed by atoms with Gasteiger partial charge in [0.2, 0.25) is 0 Å². The van der Waals surface area contributed by atoms with Crippen LogP contribution in [0, 0.1) is 5.92 Å². The monoisotopic (exact) mass is 266 g/mol. The average Bonchev–Trinajstić information content (AvgIpc) is 2.24. The Morgan fingerprint density at radius 2 is 1.53 bits per heavy atom. The van der Waals surface area contributed by atoms with E-state index >= 15 is 0 Å². The maximum atomic E-state index is 6.06. The Kier molecular flexibility index (Phi) is 5.16. The van der Waals surface area contributed by atoms with Gasteiger partial charge in [-0.15, -0.1) is 0 Å². The number of hydrogen-bond donors (Lipinski definition) is 2. The van der Waals surface area contributed by atoms with Gasteiger partial charge in [-0.2, -0.15) is 0 Å². The SMILES string of the molecule is NCC(CN)Cc1c(Cl)ccc(Cl)c1Cl. The van der Waals surface area contributed by atoms with Crippen molar-refractivity contribution in [2.75, 3.05) is 13.1 Å². The molecule has 1 aromatic carbocycles. The van der Waals surface area contributed by atoms with Gasteiger partial charge in [-0.05, 0) is 43.1 Å². The molecule has 0 amide bonds. The van der Waals surface area contributed by atoms with Crippen LogP contribution in [0.2, 0.25) is 15.1 Å². The normalized spacial score (nSPS) is 11.1. The molecule has 0 saturated heterocycles. The summed E-state index contributed by atoms with van der Waals surface area (Å²) >= 11 is 18.0. The summed E-state index contributed by atoms with van der Waals surface area (Å²) in [5, 5.41) is 1.61. The molecule has 0 radical (unpaired) electrons. The zero-order valence-electron chi connectivity index (χ0n) is 8.14. The fraction of sp³-hybridized carbons (Fsp3) is 0.400. The van der Waals surface area contributed by atoms with Crippen molar-refractivity contribution >= 4 is 34.8 Å². The molecular weight excluding hydrogens is 254 g/mol. The Bertz CT molecular complexity index is 338. The van der Waals surface area contributed by atoms with E-state index in [1.807, 2.05) is 0 Å². The molecule has 5 heteroatoms. The molecule has 0 aromatic heterocycles. The summed E-state index contributed by atoms with van der Waals surface area (Å²) in [6.45, 7) is 1.02. The van der Waals surface area contributed by atoms with E-state index in [1.165, 1.54) is 0 Å². The summed E-state index contributed by atoms with van der Waals surface area (Å²) in [6.07, 6.45) is 0.658. The van der Waals surface area contributed by atoms with Crippen LogP contribution in [-0.4, -0.2) is 13.1 Å². The van der Waals surface area contributed by atoms with Crippen LogP contribution in [0.25, 0.3) is 0 Å². The van der Waals surface area contributed by atoms with Crippen LogP contribution in [-0.2, 0) is 6.42 Å². The van der Waals surface area contributed by atoms with Gasteiger partial charge in [0.25, 0.3) is 0 Å². The van der Waals surface area contributed by atoms with Crippen LogP contribution in [0.15, 0.2) is 12.1 Å². The Labute approximate surface area is 104 Å². The second-order valence-corrected chi connectivity index (χ2v) is 4.56. The fourth-order valence-electron chi connectivity index (χ4n) is 1.31. The number of benzene rings is 1. The van der Waals surface area contributed by atoms with E-state index in [-0.39, 0.29) is 5.92 Å². The Morgan fingerprint density at radius 1 is 1.00 bits per heavy atom. The smallest absolute Gasteiger partial charge is 0.0639 e. The lowest BCUT2D eigenvalue weighted by atomic mass is 9.99. The summed E-state index contributed by atoms with van der Waals surface area (Å²) < 4.78 is 0. The van der Waals surface area contributed by atoms with E-state index < -0.39 is 0 Å². The van der Waals surface area contributed by atoms with Crippen LogP contribution >= 0.6 is 34.8 Å². The first-order valence-corrected chi connectivity index (χ1v) is 5.76. The van der Waals surface area contributed by atoms with Crippen molar-refractivity contribution in [3.8, 4) is 0 Å². The molecule has 0 aliphatic heterocycles. The number of hydrogen-bond acceptors (Lipinski definition) is 2. The van der Waals surface area contributed by atoms with Crippen molar-refractivity contribution in [1.29, 1.82) is 0 Å². The molecular formula is C10H13Cl3N2. The van der Waals surface area contributed by atoms with Gasteiger partial charge in [-0.1, -0.05) is 34.8 Å². The van der Waals surface area contributed by atoms with E-state index in [9.17, 15) is 0 Å². The van der Waals surface area contributed by atoms with Gasteiger partial charge in [-0.25, -0.2) is 0 Å². The highest BCUT2D eigenvalue weighted by molar-refractivity contribution is 6.44. The van der Waals surface area contributed by atoms with Gasteiger partial charge in [0.15, 0.2) is 0 Å². The second-order valence-electron chi connectivity index (χ2n) is 3.36. The zero-order valence-corrected chi connectivity index (χ0v) is 10.4. The molecule has 0 aliphatic carbocycles. The molecule has 84 valence electrons. The topological polar surface area (TPSA) is 52.0 Å². The molecule has 0 heterocycles. The second kappa shape index (κ2) is 5.92. The maximum Gasteiger partial charge on any atom is 0.0639 e. The molecule has 0 spiro atoms. The highest BCUT2D eigenvalue weighted by Gasteiger charge is 2.13. The molecule has 2 nitrogen and oxygen atoms in total. The summed E-state index contributed by atoms with van der Waals surface area (Å²) in [5.74, 6) is 0.179. The van der Waals surface area contributed by atoms with Crippen molar-refractivity contribution in [2.45, 2.75) is 6.42 Å². The molecule has 4 N–H and O–H groups in total. The Hall–Kier alpha value is 0.01000. The molecule has 1 aromatic rings. The zero-order chi connectivity index (χ0) is 11.4. The van der Waals surface area contributed by atoms with Gasteiger partial charge in [0.1, 0.15) is 0 Å². The molecule has 0 unspecified atom stereocenters. The highest BCUT2D eigenvalue weighted by atomic mass is 35.5. The summed E-state index contributed by atoms with van der Waals surface area (Å²) in [7, 11) is 0. The number of nitrogens with two attached hydrogens (primary N) is 2.